The normalized spacial score (nSPS) is 24.9. The topological polar surface area (TPSA) is 21.3 Å². The van der Waals surface area contributed by atoms with E-state index in [-0.39, 0.29) is 0 Å². The molecule has 1 fully saturated rings. The third kappa shape index (κ3) is 4.24. The number of hydrogen-bond donors (Lipinski definition) is 1. The average Bonchev–Trinajstić information content (AvgIpc) is 2.49. The number of hydrogen-bond acceptors (Lipinski definition) is 2. The van der Waals surface area contributed by atoms with Crippen molar-refractivity contribution < 1.29 is 4.74 Å². The molecule has 19 heavy (non-hydrogen) atoms. The fourth-order valence-corrected chi connectivity index (χ4v) is 3.23. The van der Waals surface area contributed by atoms with Crippen LogP contribution in [0.3, 0.4) is 0 Å². The molecule has 2 rings (SSSR count). The maximum Gasteiger partial charge on any atom is 0.119 e. The highest BCUT2D eigenvalue weighted by Gasteiger charge is 2.27. The average molecular weight is 261 g/mol. The first-order valence-corrected chi connectivity index (χ1v) is 7.68. The zero-order valence-electron chi connectivity index (χ0n) is 12.3. The fraction of sp³-hybridized carbons (Fsp3) is 0.647. The maximum atomic E-state index is 5.92. The maximum absolute atomic E-state index is 5.92. The molecule has 0 spiro atoms. The van der Waals surface area contributed by atoms with Gasteiger partial charge in [-0.1, -0.05) is 44.4 Å². The van der Waals surface area contributed by atoms with E-state index in [1.165, 1.54) is 32.1 Å². The van der Waals surface area contributed by atoms with Gasteiger partial charge in [0.25, 0.3) is 0 Å². The second-order valence-corrected chi connectivity index (χ2v) is 5.72. The van der Waals surface area contributed by atoms with Gasteiger partial charge in [0, 0.05) is 6.04 Å². The summed E-state index contributed by atoms with van der Waals surface area (Å²) in [5.41, 5.74) is 0. The van der Waals surface area contributed by atoms with E-state index < -0.39 is 0 Å². The highest BCUT2D eigenvalue weighted by molar-refractivity contribution is 5.20. The molecule has 2 heteroatoms. The van der Waals surface area contributed by atoms with Crippen LogP contribution < -0.4 is 10.1 Å². The largest absolute Gasteiger partial charge is 0.492 e. The minimum Gasteiger partial charge on any atom is -0.492 e. The predicted molar refractivity (Wildman–Crippen MR) is 80.5 cm³/mol. The van der Waals surface area contributed by atoms with Crippen LogP contribution in [0.15, 0.2) is 30.3 Å². The third-order valence-corrected chi connectivity index (χ3v) is 4.51. The molecule has 3 unspecified atom stereocenters. The summed E-state index contributed by atoms with van der Waals surface area (Å²) >= 11 is 0. The van der Waals surface area contributed by atoms with Gasteiger partial charge in [0.15, 0.2) is 0 Å². The Morgan fingerprint density at radius 1 is 1.26 bits per heavy atom. The van der Waals surface area contributed by atoms with Crippen molar-refractivity contribution >= 4 is 0 Å². The lowest BCUT2D eigenvalue weighted by Gasteiger charge is -2.34. The standard InChI is InChI=1S/C17H27NO/c1-3-14-8-7-9-15(12-14)17(18-2)13-19-16-10-5-4-6-11-16/h4-6,10-11,14-15,17-18H,3,7-9,12-13H2,1-2H3. The highest BCUT2D eigenvalue weighted by atomic mass is 16.5. The van der Waals surface area contributed by atoms with Gasteiger partial charge in [0.1, 0.15) is 12.4 Å². The molecular formula is C17H27NO. The van der Waals surface area contributed by atoms with Crippen LogP contribution in [0.5, 0.6) is 5.75 Å². The van der Waals surface area contributed by atoms with Crippen LogP contribution in [0.1, 0.15) is 39.0 Å². The fourth-order valence-electron chi connectivity index (χ4n) is 3.23. The second-order valence-electron chi connectivity index (χ2n) is 5.72. The van der Waals surface area contributed by atoms with Crippen molar-refractivity contribution in [2.75, 3.05) is 13.7 Å². The Hall–Kier alpha value is -1.02. The summed E-state index contributed by atoms with van der Waals surface area (Å²) in [5.74, 6) is 2.67. The number of rotatable bonds is 6. The highest BCUT2D eigenvalue weighted by Crippen LogP contribution is 2.33. The second kappa shape index (κ2) is 7.54. The van der Waals surface area contributed by atoms with E-state index in [4.69, 9.17) is 4.74 Å². The number of likely N-dealkylation sites (N-methyl/N-ethyl adjacent to an activating group) is 1. The van der Waals surface area contributed by atoms with Crippen molar-refractivity contribution in [1.29, 1.82) is 0 Å². The Morgan fingerprint density at radius 2 is 2.05 bits per heavy atom. The molecule has 0 radical (unpaired) electrons. The van der Waals surface area contributed by atoms with Crippen LogP contribution in [-0.2, 0) is 0 Å². The SMILES string of the molecule is CCC1CCCC(C(COc2ccccc2)NC)C1. The molecule has 1 N–H and O–H groups in total. The van der Waals surface area contributed by atoms with Crippen LogP contribution in [0, 0.1) is 11.8 Å². The van der Waals surface area contributed by atoms with Gasteiger partial charge in [-0.15, -0.1) is 0 Å². The first-order valence-electron chi connectivity index (χ1n) is 7.68. The van der Waals surface area contributed by atoms with E-state index in [1.807, 2.05) is 30.3 Å². The minimum absolute atomic E-state index is 0.481. The summed E-state index contributed by atoms with van der Waals surface area (Å²) in [6, 6.07) is 10.6. The van der Waals surface area contributed by atoms with Crippen molar-refractivity contribution in [3.8, 4) is 5.75 Å². The molecule has 1 aromatic carbocycles. The summed E-state index contributed by atoms with van der Waals surface area (Å²) < 4.78 is 5.92. The van der Waals surface area contributed by atoms with Crippen molar-refractivity contribution in [1.82, 2.24) is 5.32 Å². The van der Waals surface area contributed by atoms with Gasteiger partial charge in [-0.2, -0.15) is 0 Å². The monoisotopic (exact) mass is 261 g/mol. The summed E-state index contributed by atoms with van der Waals surface area (Å²) in [5, 5.41) is 3.46. The number of benzene rings is 1. The molecule has 0 saturated heterocycles. The van der Waals surface area contributed by atoms with Gasteiger partial charge in [-0.25, -0.2) is 0 Å². The van der Waals surface area contributed by atoms with Gasteiger partial charge in [-0.3, -0.25) is 0 Å². The summed E-state index contributed by atoms with van der Waals surface area (Å²) in [7, 11) is 2.06. The molecule has 1 saturated carbocycles. The van der Waals surface area contributed by atoms with Crippen LogP contribution in [0.25, 0.3) is 0 Å². The van der Waals surface area contributed by atoms with E-state index in [0.717, 1.165) is 24.2 Å². The van der Waals surface area contributed by atoms with E-state index in [0.29, 0.717) is 6.04 Å². The Labute approximate surface area is 117 Å². The Bertz CT molecular complexity index is 352. The molecule has 1 aromatic rings. The lowest BCUT2D eigenvalue weighted by molar-refractivity contribution is 0.163. The first kappa shape index (κ1) is 14.4. The zero-order chi connectivity index (χ0) is 13.5. The molecule has 0 heterocycles. The van der Waals surface area contributed by atoms with E-state index >= 15 is 0 Å². The molecule has 0 amide bonds. The predicted octanol–water partition coefficient (Wildman–Crippen LogP) is 3.87. The summed E-state index contributed by atoms with van der Waals surface area (Å²) in [4.78, 5) is 0. The van der Waals surface area contributed by atoms with Gasteiger partial charge in [0.2, 0.25) is 0 Å². The lowest BCUT2D eigenvalue weighted by atomic mass is 9.77. The lowest BCUT2D eigenvalue weighted by Crippen LogP contribution is -2.41. The molecule has 1 aliphatic carbocycles. The summed E-state index contributed by atoms with van der Waals surface area (Å²) in [6.07, 6.45) is 6.84. The Balaban J connectivity index is 1.85. The molecule has 2 nitrogen and oxygen atoms in total. The quantitative estimate of drug-likeness (QED) is 0.839. The smallest absolute Gasteiger partial charge is 0.119 e. The van der Waals surface area contributed by atoms with Gasteiger partial charge < -0.3 is 10.1 Å². The molecule has 0 aliphatic heterocycles. The summed E-state index contributed by atoms with van der Waals surface area (Å²) in [6.45, 7) is 3.10. The van der Waals surface area contributed by atoms with Crippen LogP contribution in [0.2, 0.25) is 0 Å². The number of ether oxygens (including phenoxy) is 1. The van der Waals surface area contributed by atoms with Crippen molar-refractivity contribution in [2.45, 2.75) is 45.1 Å². The van der Waals surface area contributed by atoms with E-state index in [1.54, 1.807) is 0 Å². The molecule has 106 valence electrons. The van der Waals surface area contributed by atoms with Gasteiger partial charge in [0.05, 0.1) is 0 Å². The first-order chi connectivity index (χ1) is 9.33. The Kier molecular flexibility index (Phi) is 5.71. The van der Waals surface area contributed by atoms with Crippen LogP contribution in [0.4, 0.5) is 0 Å². The van der Waals surface area contributed by atoms with Crippen LogP contribution in [-0.4, -0.2) is 19.7 Å². The number of para-hydroxylation sites is 1. The van der Waals surface area contributed by atoms with Crippen molar-refractivity contribution in [3.63, 3.8) is 0 Å². The van der Waals surface area contributed by atoms with Crippen molar-refractivity contribution in [3.05, 3.63) is 30.3 Å². The molecule has 0 aromatic heterocycles. The van der Waals surface area contributed by atoms with Gasteiger partial charge in [-0.05, 0) is 43.9 Å². The number of nitrogens with one attached hydrogen (secondary N) is 1. The van der Waals surface area contributed by atoms with E-state index in [2.05, 4.69) is 19.3 Å². The van der Waals surface area contributed by atoms with Gasteiger partial charge >= 0.3 is 0 Å². The molecule has 3 atom stereocenters. The molecule has 0 bridgehead atoms. The van der Waals surface area contributed by atoms with E-state index in [9.17, 15) is 0 Å². The molecule has 1 aliphatic rings. The van der Waals surface area contributed by atoms with Crippen molar-refractivity contribution in [2.24, 2.45) is 11.8 Å². The minimum atomic E-state index is 0.481. The Morgan fingerprint density at radius 3 is 2.74 bits per heavy atom. The van der Waals surface area contributed by atoms with Crippen LogP contribution >= 0.6 is 0 Å². The zero-order valence-corrected chi connectivity index (χ0v) is 12.3. The molecular weight excluding hydrogens is 234 g/mol. The third-order valence-electron chi connectivity index (χ3n) is 4.51.